The van der Waals surface area contributed by atoms with Gasteiger partial charge in [0.25, 0.3) is 0 Å². The molecular formula is C7H4N4O5. The number of rotatable bonds is 2. The van der Waals surface area contributed by atoms with Gasteiger partial charge >= 0.3 is 17.1 Å². The van der Waals surface area contributed by atoms with Gasteiger partial charge in [0.1, 0.15) is 6.07 Å². The van der Waals surface area contributed by atoms with E-state index in [1.54, 1.807) is 0 Å². The zero-order chi connectivity index (χ0) is 12.5. The Bertz CT molecular complexity index is 533. The summed E-state index contributed by atoms with van der Waals surface area (Å²) in [5, 5.41) is 40.8. The normalized spacial score (nSPS) is 9.50. The molecule has 0 amide bonds. The van der Waals surface area contributed by atoms with Gasteiger partial charge in [-0.05, 0) is 6.92 Å². The molecule has 0 aliphatic rings. The van der Waals surface area contributed by atoms with Crippen molar-refractivity contribution in [1.82, 2.24) is 0 Å². The molecule has 1 aromatic carbocycles. The Kier molecular flexibility index (Phi) is 2.67. The summed E-state index contributed by atoms with van der Waals surface area (Å²) in [5.74, 6) is -0.917. The monoisotopic (exact) mass is 224 g/mol. The molecule has 1 rings (SSSR count). The second-order valence-electron chi connectivity index (χ2n) is 2.83. The number of hydrogen-bond acceptors (Lipinski definition) is 6. The van der Waals surface area contributed by atoms with Crippen LogP contribution in [0.5, 0.6) is 5.75 Å². The SMILES string of the molecule is Cc1c([O-])c([N+]#N)cc([N+](=O)[O-])c1[N+](=O)[O-]. The maximum atomic E-state index is 11.3. The largest absolute Gasteiger partial charge is 0.867 e. The second kappa shape index (κ2) is 3.77. The number of nitro benzene ring substituents is 2. The minimum Gasteiger partial charge on any atom is -0.867 e. The average molecular weight is 224 g/mol. The molecule has 0 N–H and O–H groups in total. The fourth-order valence-corrected chi connectivity index (χ4v) is 1.20. The van der Waals surface area contributed by atoms with Gasteiger partial charge in [0, 0.05) is 11.3 Å². The van der Waals surface area contributed by atoms with Crippen molar-refractivity contribution >= 4 is 17.1 Å². The molecule has 0 heterocycles. The van der Waals surface area contributed by atoms with E-state index in [1.165, 1.54) is 0 Å². The van der Waals surface area contributed by atoms with E-state index in [9.17, 15) is 25.3 Å². The summed E-state index contributed by atoms with van der Waals surface area (Å²) >= 11 is 0. The fourth-order valence-electron chi connectivity index (χ4n) is 1.20. The summed E-state index contributed by atoms with van der Waals surface area (Å²) < 4.78 is 0. The minimum atomic E-state index is -1.02. The minimum absolute atomic E-state index is 0.438. The van der Waals surface area contributed by atoms with Crippen molar-refractivity contribution in [2.75, 3.05) is 0 Å². The Morgan fingerprint density at radius 1 is 1.31 bits per heavy atom. The lowest BCUT2D eigenvalue weighted by Crippen LogP contribution is -2.03. The summed E-state index contributed by atoms with van der Waals surface area (Å²) in [4.78, 5) is 21.6. The molecule has 0 atom stereocenters. The van der Waals surface area contributed by atoms with Gasteiger partial charge in [0.15, 0.2) is 4.98 Å². The van der Waals surface area contributed by atoms with Crippen molar-refractivity contribution in [1.29, 1.82) is 5.39 Å². The molecule has 0 fully saturated rings. The van der Waals surface area contributed by atoms with E-state index < -0.39 is 38.2 Å². The Labute approximate surface area is 87.9 Å². The van der Waals surface area contributed by atoms with Gasteiger partial charge in [0.2, 0.25) is 5.39 Å². The molecule has 0 radical (unpaired) electrons. The van der Waals surface area contributed by atoms with E-state index in [2.05, 4.69) is 4.98 Å². The third-order valence-corrected chi connectivity index (χ3v) is 1.93. The lowest BCUT2D eigenvalue weighted by molar-refractivity contribution is -0.423. The van der Waals surface area contributed by atoms with Crippen LogP contribution in [0.1, 0.15) is 5.56 Å². The Hall–Kier alpha value is -2.76. The van der Waals surface area contributed by atoms with Crippen LogP contribution in [0, 0.1) is 32.5 Å². The highest BCUT2D eigenvalue weighted by Crippen LogP contribution is 2.41. The first-order valence-electron chi connectivity index (χ1n) is 3.88. The predicted molar refractivity (Wildman–Crippen MR) is 48.7 cm³/mol. The van der Waals surface area contributed by atoms with E-state index in [4.69, 9.17) is 5.39 Å². The van der Waals surface area contributed by atoms with Gasteiger partial charge in [-0.1, -0.05) is 0 Å². The van der Waals surface area contributed by atoms with E-state index in [-0.39, 0.29) is 0 Å². The van der Waals surface area contributed by atoms with Gasteiger partial charge in [-0.25, -0.2) is 0 Å². The number of nitrogens with zero attached hydrogens (tertiary/aromatic N) is 4. The first-order valence-corrected chi connectivity index (χ1v) is 3.88. The molecule has 0 aromatic heterocycles. The van der Waals surface area contributed by atoms with Crippen LogP contribution in [-0.4, -0.2) is 9.85 Å². The van der Waals surface area contributed by atoms with Crippen molar-refractivity contribution in [3.63, 3.8) is 0 Å². The van der Waals surface area contributed by atoms with Crippen LogP contribution in [-0.2, 0) is 0 Å². The van der Waals surface area contributed by atoms with Crippen LogP contribution in [0.2, 0.25) is 0 Å². The van der Waals surface area contributed by atoms with Gasteiger partial charge in [0.05, 0.1) is 9.85 Å². The molecular weight excluding hydrogens is 220 g/mol. The standard InChI is InChI=1S/C7H4N4O5/c1-3-6(11(15)16)5(10(13)14)2-4(9-8)7(3)12/h2H,1H3. The smallest absolute Gasteiger partial charge is 0.385 e. The molecule has 0 saturated carbocycles. The molecule has 82 valence electrons. The number of diazo groups is 1. The number of benzene rings is 1. The topological polar surface area (TPSA) is 137 Å². The average Bonchev–Trinajstić information content (AvgIpc) is 2.20. The van der Waals surface area contributed by atoms with Crippen molar-refractivity contribution in [3.8, 4) is 5.75 Å². The zero-order valence-electron chi connectivity index (χ0n) is 7.91. The molecule has 9 nitrogen and oxygen atoms in total. The zero-order valence-corrected chi connectivity index (χ0v) is 7.91. The first kappa shape index (κ1) is 11.3. The van der Waals surface area contributed by atoms with E-state index in [0.717, 1.165) is 6.92 Å². The highest BCUT2D eigenvalue weighted by Gasteiger charge is 2.32. The molecule has 9 heteroatoms. The van der Waals surface area contributed by atoms with Crippen LogP contribution < -0.4 is 5.11 Å². The van der Waals surface area contributed by atoms with E-state index in [0.29, 0.717) is 6.07 Å². The molecule has 1 aromatic rings. The molecule has 0 aliphatic heterocycles. The van der Waals surface area contributed by atoms with Gasteiger partial charge < -0.3 is 5.11 Å². The van der Waals surface area contributed by atoms with Crippen LogP contribution in [0.25, 0.3) is 4.98 Å². The van der Waals surface area contributed by atoms with E-state index in [1.807, 2.05) is 0 Å². The Balaban J connectivity index is 3.73. The maximum Gasteiger partial charge on any atom is 0.385 e. The third kappa shape index (κ3) is 1.59. The van der Waals surface area contributed by atoms with Crippen molar-refractivity contribution < 1.29 is 15.0 Å². The quantitative estimate of drug-likeness (QED) is 0.422. The molecule has 0 bridgehead atoms. The predicted octanol–water partition coefficient (Wildman–Crippen LogP) is 1.37. The summed E-state index contributed by atoms with van der Waals surface area (Å²) in [7, 11) is 0. The second-order valence-corrected chi connectivity index (χ2v) is 2.83. The van der Waals surface area contributed by atoms with Crippen LogP contribution in [0.15, 0.2) is 6.07 Å². The number of hydrogen-bond donors (Lipinski definition) is 0. The van der Waals surface area contributed by atoms with Crippen molar-refractivity contribution in [2.24, 2.45) is 0 Å². The summed E-state index contributed by atoms with van der Waals surface area (Å²) in [6, 6.07) is 0.563. The third-order valence-electron chi connectivity index (χ3n) is 1.93. The highest BCUT2D eigenvalue weighted by molar-refractivity contribution is 5.73. The lowest BCUT2D eigenvalue weighted by atomic mass is 10.1. The van der Waals surface area contributed by atoms with Crippen LogP contribution in [0.3, 0.4) is 0 Å². The molecule has 0 saturated heterocycles. The summed E-state index contributed by atoms with van der Waals surface area (Å²) in [5.41, 5.74) is -2.81. The highest BCUT2D eigenvalue weighted by atomic mass is 16.6. The number of nitro groups is 2. The van der Waals surface area contributed by atoms with Gasteiger partial charge in [-0.15, -0.1) is 0 Å². The molecule has 0 unspecified atom stereocenters. The van der Waals surface area contributed by atoms with Crippen LogP contribution >= 0.6 is 0 Å². The lowest BCUT2D eigenvalue weighted by Gasteiger charge is -2.06. The van der Waals surface area contributed by atoms with Crippen LogP contribution in [0.4, 0.5) is 17.1 Å². The summed E-state index contributed by atoms with van der Waals surface area (Å²) in [6.07, 6.45) is 0. The van der Waals surface area contributed by atoms with E-state index >= 15 is 0 Å². The molecule has 0 spiro atoms. The summed E-state index contributed by atoms with van der Waals surface area (Å²) in [6.45, 7) is 1.06. The molecule has 0 aliphatic carbocycles. The first-order chi connectivity index (χ1) is 7.40. The van der Waals surface area contributed by atoms with Crippen molar-refractivity contribution in [3.05, 3.63) is 36.8 Å². The van der Waals surface area contributed by atoms with Gasteiger partial charge in [-0.3, -0.25) is 20.2 Å². The Morgan fingerprint density at radius 3 is 2.25 bits per heavy atom. The maximum absolute atomic E-state index is 11.3. The van der Waals surface area contributed by atoms with Crippen molar-refractivity contribution in [2.45, 2.75) is 6.92 Å². The van der Waals surface area contributed by atoms with Gasteiger partial charge in [-0.2, -0.15) is 0 Å². The molecule has 16 heavy (non-hydrogen) atoms. The Morgan fingerprint density at radius 2 is 1.88 bits per heavy atom. The fraction of sp³-hybridized carbons (Fsp3) is 0.143.